The molecule has 106 valence electrons. The molecule has 0 radical (unpaired) electrons. The number of aromatic amines is 1. The number of hydrogen-bond acceptors (Lipinski definition) is 3. The molecule has 2 aromatic rings. The van der Waals surface area contributed by atoms with Crippen LogP contribution in [0.15, 0.2) is 34.3 Å². The normalized spacial score (nSPS) is 19.5. The number of hydrogen-bond donors (Lipinski definition) is 2. The number of carbonyl (C=O) groups excluding carboxylic acids is 1. The summed E-state index contributed by atoms with van der Waals surface area (Å²) >= 11 is 1.59. The summed E-state index contributed by atoms with van der Waals surface area (Å²) in [5.41, 5.74) is 7.65. The SMILES string of the molecule is O=C1NN=C(c2cccs2)/C1=C\c1cc2c([nH]1)CCCC2. The van der Waals surface area contributed by atoms with Crippen LogP contribution in [0.5, 0.6) is 0 Å². The summed E-state index contributed by atoms with van der Waals surface area (Å²) in [7, 11) is 0. The fraction of sp³-hybridized carbons (Fsp3) is 0.250. The van der Waals surface area contributed by atoms with Gasteiger partial charge in [0.05, 0.1) is 10.5 Å². The number of fused-ring (bicyclic) bond motifs is 1. The van der Waals surface area contributed by atoms with E-state index in [0.29, 0.717) is 5.57 Å². The second kappa shape index (κ2) is 5.00. The Balaban J connectivity index is 1.72. The van der Waals surface area contributed by atoms with Crippen LogP contribution in [-0.2, 0) is 17.6 Å². The van der Waals surface area contributed by atoms with Gasteiger partial charge in [-0.05, 0) is 54.8 Å². The molecule has 0 spiro atoms. The van der Waals surface area contributed by atoms with Crippen LogP contribution in [0.25, 0.3) is 6.08 Å². The molecule has 1 aliphatic carbocycles. The quantitative estimate of drug-likeness (QED) is 0.823. The number of nitrogens with zero attached hydrogens (tertiary/aromatic N) is 1. The van der Waals surface area contributed by atoms with Crippen LogP contribution < -0.4 is 5.43 Å². The molecule has 1 amide bonds. The van der Waals surface area contributed by atoms with Gasteiger partial charge in [0.15, 0.2) is 0 Å². The number of hydrazone groups is 1. The molecule has 0 fully saturated rings. The van der Waals surface area contributed by atoms with Crippen molar-refractivity contribution in [1.29, 1.82) is 0 Å². The lowest BCUT2D eigenvalue weighted by atomic mass is 9.98. The molecule has 0 atom stereocenters. The lowest BCUT2D eigenvalue weighted by Gasteiger charge is -2.08. The van der Waals surface area contributed by atoms with E-state index in [1.54, 1.807) is 11.3 Å². The predicted molar refractivity (Wildman–Crippen MR) is 84.4 cm³/mol. The van der Waals surface area contributed by atoms with Crippen molar-refractivity contribution in [3.8, 4) is 0 Å². The first-order valence-electron chi connectivity index (χ1n) is 7.16. The van der Waals surface area contributed by atoms with Crippen LogP contribution in [0.3, 0.4) is 0 Å². The summed E-state index contributed by atoms with van der Waals surface area (Å²) in [5, 5.41) is 6.16. The Morgan fingerprint density at radius 2 is 2.19 bits per heavy atom. The molecular formula is C16H15N3OS. The van der Waals surface area contributed by atoms with Crippen molar-refractivity contribution < 1.29 is 4.79 Å². The van der Waals surface area contributed by atoms with E-state index < -0.39 is 0 Å². The molecule has 0 unspecified atom stereocenters. The molecule has 4 nitrogen and oxygen atoms in total. The van der Waals surface area contributed by atoms with Gasteiger partial charge in [0.1, 0.15) is 5.71 Å². The number of H-pyrrole nitrogens is 1. The second-order valence-corrected chi connectivity index (χ2v) is 6.32. The maximum atomic E-state index is 12.0. The highest BCUT2D eigenvalue weighted by molar-refractivity contribution is 7.12. The van der Waals surface area contributed by atoms with E-state index in [9.17, 15) is 4.79 Å². The van der Waals surface area contributed by atoms with E-state index in [1.807, 2.05) is 23.6 Å². The highest BCUT2D eigenvalue weighted by Crippen LogP contribution is 2.25. The third kappa shape index (κ3) is 2.23. The monoisotopic (exact) mass is 297 g/mol. The minimum Gasteiger partial charge on any atom is -0.359 e. The number of rotatable bonds is 2. The zero-order chi connectivity index (χ0) is 14.2. The summed E-state index contributed by atoms with van der Waals surface area (Å²) in [4.78, 5) is 16.5. The molecule has 2 aromatic heterocycles. The molecule has 1 aliphatic heterocycles. The Morgan fingerprint density at radius 3 is 3.00 bits per heavy atom. The minimum absolute atomic E-state index is 0.133. The van der Waals surface area contributed by atoms with Gasteiger partial charge in [-0.3, -0.25) is 4.79 Å². The second-order valence-electron chi connectivity index (χ2n) is 5.37. The molecular weight excluding hydrogens is 282 g/mol. The van der Waals surface area contributed by atoms with E-state index in [0.717, 1.165) is 29.1 Å². The topological polar surface area (TPSA) is 57.2 Å². The van der Waals surface area contributed by atoms with Crippen molar-refractivity contribution in [2.45, 2.75) is 25.7 Å². The highest BCUT2D eigenvalue weighted by Gasteiger charge is 2.25. The van der Waals surface area contributed by atoms with Crippen molar-refractivity contribution in [2.75, 3.05) is 0 Å². The summed E-state index contributed by atoms with van der Waals surface area (Å²) in [6.45, 7) is 0. The van der Waals surface area contributed by atoms with E-state index in [4.69, 9.17) is 0 Å². The molecule has 2 aliphatic rings. The van der Waals surface area contributed by atoms with Crippen LogP contribution in [0.4, 0.5) is 0 Å². The van der Waals surface area contributed by atoms with Crippen LogP contribution in [0, 0.1) is 0 Å². The number of carbonyl (C=O) groups is 1. The number of amides is 1. The van der Waals surface area contributed by atoms with Gasteiger partial charge in [-0.2, -0.15) is 5.10 Å². The molecule has 4 rings (SSSR count). The minimum atomic E-state index is -0.133. The Bertz CT molecular complexity index is 729. The summed E-state index contributed by atoms with van der Waals surface area (Å²) < 4.78 is 0. The zero-order valence-electron chi connectivity index (χ0n) is 11.5. The van der Waals surface area contributed by atoms with Gasteiger partial charge in [0.25, 0.3) is 5.91 Å². The van der Waals surface area contributed by atoms with Crippen LogP contribution >= 0.6 is 11.3 Å². The summed E-state index contributed by atoms with van der Waals surface area (Å²) in [5.74, 6) is -0.133. The van der Waals surface area contributed by atoms with Crippen LogP contribution in [0.2, 0.25) is 0 Å². The Morgan fingerprint density at radius 1 is 1.29 bits per heavy atom. The lowest BCUT2D eigenvalue weighted by molar-refractivity contribution is -0.116. The highest BCUT2D eigenvalue weighted by atomic mass is 32.1. The van der Waals surface area contributed by atoms with Crippen molar-refractivity contribution >= 4 is 29.0 Å². The molecule has 0 saturated carbocycles. The first-order chi connectivity index (χ1) is 10.3. The average molecular weight is 297 g/mol. The van der Waals surface area contributed by atoms with Crippen LogP contribution in [-0.4, -0.2) is 16.6 Å². The van der Waals surface area contributed by atoms with E-state index >= 15 is 0 Å². The average Bonchev–Trinajstić information content (AvgIpc) is 3.19. The molecule has 21 heavy (non-hydrogen) atoms. The largest absolute Gasteiger partial charge is 0.359 e. The number of nitrogens with one attached hydrogen (secondary N) is 2. The van der Waals surface area contributed by atoms with Gasteiger partial charge < -0.3 is 4.98 Å². The summed E-state index contributed by atoms with van der Waals surface area (Å²) in [6.07, 6.45) is 6.65. The molecule has 0 bridgehead atoms. The van der Waals surface area contributed by atoms with Crippen LogP contribution in [0.1, 0.15) is 34.7 Å². The number of thiophene rings is 1. The Hall–Kier alpha value is -2.14. The Kier molecular flexibility index (Phi) is 3.00. The van der Waals surface area contributed by atoms with Gasteiger partial charge in [0, 0.05) is 11.4 Å². The van der Waals surface area contributed by atoms with Crippen molar-refractivity contribution in [1.82, 2.24) is 10.4 Å². The Labute approximate surface area is 126 Å². The van der Waals surface area contributed by atoms with Gasteiger partial charge in [0.2, 0.25) is 0 Å². The fourth-order valence-corrected chi connectivity index (χ4v) is 3.66. The van der Waals surface area contributed by atoms with E-state index in [-0.39, 0.29) is 5.91 Å². The van der Waals surface area contributed by atoms with Crippen molar-refractivity contribution in [2.24, 2.45) is 5.10 Å². The zero-order valence-corrected chi connectivity index (χ0v) is 12.3. The lowest BCUT2D eigenvalue weighted by Crippen LogP contribution is -2.13. The first kappa shape index (κ1) is 12.6. The first-order valence-corrected chi connectivity index (χ1v) is 8.04. The van der Waals surface area contributed by atoms with Gasteiger partial charge in [-0.1, -0.05) is 6.07 Å². The van der Waals surface area contributed by atoms with Crippen molar-refractivity contribution in [3.05, 3.63) is 51.0 Å². The molecule has 0 aromatic carbocycles. The fourth-order valence-electron chi connectivity index (χ4n) is 2.93. The maximum absolute atomic E-state index is 12.0. The number of aryl methyl sites for hydroxylation is 2. The maximum Gasteiger partial charge on any atom is 0.273 e. The van der Waals surface area contributed by atoms with Gasteiger partial charge in [-0.25, -0.2) is 5.43 Å². The molecule has 3 heterocycles. The third-order valence-electron chi connectivity index (χ3n) is 3.96. The van der Waals surface area contributed by atoms with Gasteiger partial charge >= 0.3 is 0 Å². The molecule has 2 N–H and O–H groups in total. The van der Waals surface area contributed by atoms with E-state index in [2.05, 4.69) is 21.6 Å². The summed E-state index contributed by atoms with van der Waals surface area (Å²) in [6, 6.07) is 6.12. The standard InChI is InChI=1S/C16H15N3OS/c20-16-12(15(18-19-16)14-6-3-7-21-14)9-11-8-10-4-1-2-5-13(10)17-11/h3,6-9,17H,1-2,4-5H2,(H,19,20)/b12-9+. The van der Waals surface area contributed by atoms with Gasteiger partial charge in [-0.15, -0.1) is 11.3 Å². The van der Waals surface area contributed by atoms with E-state index in [1.165, 1.54) is 24.1 Å². The molecule has 0 saturated heterocycles. The smallest absolute Gasteiger partial charge is 0.273 e. The molecule has 5 heteroatoms. The number of aromatic nitrogens is 1. The predicted octanol–water partition coefficient (Wildman–Crippen LogP) is 2.87. The van der Waals surface area contributed by atoms with Crippen molar-refractivity contribution in [3.63, 3.8) is 0 Å². The third-order valence-corrected chi connectivity index (χ3v) is 4.84.